The van der Waals surface area contributed by atoms with E-state index in [0.29, 0.717) is 36.5 Å². The molecular weight excluding hydrogens is 328 g/mol. The fourth-order valence-electron chi connectivity index (χ4n) is 5.60. The quantitative estimate of drug-likeness (QED) is 0.834. The van der Waals surface area contributed by atoms with Crippen LogP contribution < -0.4 is 5.32 Å². The second kappa shape index (κ2) is 7.75. The molecule has 6 heteroatoms. The Labute approximate surface area is 157 Å². The minimum atomic E-state index is 0.178. The van der Waals surface area contributed by atoms with Gasteiger partial charge in [0, 0.05) is 44.7 Å². The molecule has 0 spiro atoms. The molecule has 6 nitrogen and oxygen atoms in total. The molecule has 0 bridgehead atoms. The molecule has 0 radical (unpaired) electrons. The fraction of sp³-hybridized carbons (Fsp3) is 0.900. The molecule has 26 heavy (non-hydrogen) atoms. The summed E-state index contributed by atoms with van der Waals surface area (Å²) in [5.41, 5.74) is 0. The first-order chi connectivity index (χ1) is 12.7. The summed E-state index contributed by atoms with van der Waals surface area (Å²) in [6, 6.07) is 1.92. The van der Waals surface area contributed by atoms with Crippen LogP contribution in [0.5, 0.6) is 0 Å². The number of urea groups is 1. The number of hydrogen-bond acceptors (Lipinski definition) is 3. The van der Waals surface area contributed by atoms with Gasteiger partial charge < -0.3 is 15.1 Å². The Morgan fingerprint density at radius 2 is 1.77 bits per heavy atom. The molecule has 3 heterocycles. The van der Waals surface area contributed by atoms with E-state index in [1.807, 2.05) is 0 Å². The summed E-state index contributed by atoms with van der Waals surface area (Å²) < 4.78 is 0. The van der Waals surface area contributed by atoms with Crippen LogP contribution in [0.1, 0.15) is 64.7 Å². The second-order valence-electron chi connectivity index (χ2n) is 8.61. The topological polar surface area (TPSA) is 55.9 Å². The maximum Gasteiger partial charge on any atom is 0.318 e. The smallest absolute Gasteiger partial charge is 0.318 e. The van der Waals surface area contributed by atoms with Gasteiger partial charge in [0.15, 0.2) is 0 Å². The fourth-order valence-corrected chi connectivity index (χ4v) is 5.60. The molecule has 3 saturated heterocycles. The molecule has 4 rings (SSSR count). The minimum absolute atomic E-state index is 0.178. The van der Waals surface area contributed by atoms with Gasteiger partial charge in [-0.15, -0.1) is 0 Å². The molecule has 0 aromatic carbocycles. The highest BCUT2D eigenvalue weighted by molar-refractivity contribution is 5.78. The normalized spacial score (nSPS) is 33.4. The summed E-state index contributed by atoms with van der Waals surface area (Å²) in [6.45, 7) is 6.01. The van der Waals surface area contributed by atoms with Crippen LogP contribution in [0.25, 0.3) is 0 Å². The van der Waals surface area contributed by atoms with Crippen LogP contribution in [0.2, 0.25) is 0 Å². The van der Waals surface area contributed by atoms with E-state index in [1.165, 1.54) is 19.3 Å². The molecule has 3 atom stereocenters. The molecule has 4 aliphatic rings. The highest BCUT2D eigenvalue weighted by Crippen LogP contribution is 2.33. The number of likely N-dealkylation sites (tertiary alicyclic amines) is 2. The van der Waals surface area contributed by atoms with Crippen molar-refractivity contribution in [3.8, 4) is 0 Å². The monoisotopic (exact) mass is 362 g/mol. The van der Waals surface area contributed by atoms with Crippen LogP contribution in [-0.4, -0.2) is 77.0 Å². The number of rotatable bonds is 4. The van der Waals surface area contributed by atoms with E-state index in [0.717, 1.165) is 58.3 Å². The van der Waals surface area contributed by atoms with Crippen LogP contribution in [0.3, 0.4) is 0 Å². The van der Waals surface area contributed by atoms with Gasteiger partial charge in [-0.05, 0) is 38.5 Å². The van der Waals surface area contributed by atoms with Crippen molar-refractivity contribution in [2.75, 3.05) is 26.2 Å². The van der Waals surface area contributed by atoms with Gasteiger partial charge in [0.25, 0.3) is 0 Å². The van der Waals surface area contributed by atoms with Crippen molar-refractivity contribution in [2.45, 2.75) is 88.9 Å². The zero-order valence-electron chi connectivity index (χ0n) is 16.2. The molecule has 3 amide bonds. The SMILES string of the molecule is CCCC(=O)N1CCC(N2CCC(N3C(=O)NC4CCCCC43)CC2)C1. The lowest BCUT2D eigenvalue weighted by atomic mass is 9.89. The Kier molecular flexibility index (Phi) is 5.39. The van der Waals surface area contributed by atoms with Gasteiger partial charge in [-0.25, -0.2) is 4.79 Å². The second-order valence-corrected chi connectivity index (χ2v) is 8.61. The number of piperidine rings is 1. The van der Waals surface area contributed by atoms with Gasteiger partial charge in [-0.2, -0.15) is 0 Å². The largest absolute Gasteiger partial charge is 0.341 e. The van der Waals surface area contributed by atoms with Crippen molar-refractivity contribution in [3.05, 3.63) is 0 Å². The van der Waals surface area contributed by atoms with Crippen LogP contribution in [0, 0.1) is 0 Å². The number of carbonyl (C=O) groups excluding carboxylic acids is 2. The van der Waals surface area contributed by atoms with Crippen molar-refractivity contribution in [1.82, 2.24) is 20.0 Å². The summed E-state index contributed by atoms with van der Waals surface area (Å²) in [6.07, 6.45) is 9.71. The van der Waals surface area contributed by atoms with Gasteiger partial charge in [-0.3, -0.25) is 9.69 Å². The predicted octanol–water partition coefficient (Wildman–Crippen LogP) is 2.19. The summed E-state index contributed by atoms with van der Waals surface area (Å²) in [7, 11) is 0. The predicted molar refractivity (Wildman–Crippen MR) is 101 cm³/mol. The first kappa shape index (κ1) is 18.1. The van der Waals surface area contributed by atoms with E-state index in [4.69, 9.17) is 0 Å². The van der Waals surface area contributed by atoms with E-state index >= 15 is 0 Å². The highest BCUT2D eigenvalue weighted by atomic mass is 16.2. The zero-order valence-corrected chi connectivity index (χ0v) is 16.2. The first-order valence-electron chi connectivity index (χ1n) is 10.8. The Morgan fingerprint density at radius 3 is 2.54 bits per heavy atom. The molecule has 146 valence electrons. The van der Waals surface area contributed by atoms with Gasteiger partial charge in [0.2, 0.25) is 5.91 Å². The number of carbonyl (C=O) groups is 2. The number of nitrogens with zero attached hydrogens (tertiary/aromatic N) is 3. The van der Waals surface area contributed by atoms with Gasteiger partial charge >= 0.3 is 6.03 Å². The molecule has 4 fully saturated rings. The van der Waals surface area contributed by atoms with E-state index in [-0.39, 0.29) is 6.03 Å². The maximum atomic E-state index is 12.5. The minimum Gasteiger partial charge on any atom is -0.341 e. The highest BCUT2D eigenvalue weighted by Gasteiger charge is 2.44. The third kappa shape index (κ3) is 3.45. The Morgan fingerprint density at radius 1 is 1.04 bits per heavy atom. The number of nitrogens with one attached hydrogen (secondary N) is 1. The molecule has 3 aliphatic heterocycles. The standard InChI is InChI=1S/C20H34N4O2/c1-2-5-19(25)23-13-10-16(14-23)22-11-8-15(9-12-22)24-18-7-4-3-6-17(18)21-20(24)26/h15-18H,2-14H2,1H3,(H,21,26). The van der Waals surface area contributed by atoms with Crippen LogP contribution in [0.15, 0.2) is 0 Å². The molecule has 0 aromatic heterocycles. The van der Waals surface area contributed by atoms with Crippen molar-refractivity contribution in [2.24, 2.45) is 0 Å². The average Bonchev–Trinajstić information content (AvgIpc) is 3.26. The van der Waals surface area contributed by atoms with Gasteiger partial charge in [0.05, 0.1) is 12.1 Å². The number of amides is 3. The molecule has 1 saturated carbocycles. The van der Waals surface area contributed by atoms with Gasteiger partial charge in [-0.1, -0.05) is 19.8 Å². The maximum absolute atomic E-state index is 12.5. The van der Waals surface area contributed by atoms with Crippen molar-refractivity contribution >= 4 is 11.9 Å². The summed E-state index contributed by atoms with van der Waals surface area (Å²) in [5, 5.41) is 3.23. The van der Waals surface area contributed by atoms with Gasteiger partial charge in [0.1, 0.15) is 0 Å². The number of hydrogen-bond donors (Lipinski definition) is 1. The summed E-state index contributed by atoms with van der Waals surface area (Å²) in [5.74, 6) is 0.321. The van der Waals surface area contributed by atoms with Crippen LogP contribution >= 0.6 is 0 Å². The van der Waals surface area contributed by atoms with E-state index in [2.05, 4.69) is 26.9 Å². The molecule has 0 aromatic rings. The molecule has 3 unspecified atom stereocenters. The Hall–Kier alpha value is -1.30. The van der Waals surface area contributed by atoms with Crippen LogP contribution in [-0.2, 0) is 4.79 Å². The average molecular weight is 363 g/mol. The third-order valence-electron chi connectivity index (χ3n) is 7.02. The summed E-state index contributed by atoms with van der Waals surface area (Å²) >= 11 is 0. The van der Waals surface area contributed by atoms with E-state index in [1.54, 1.807) is 0 Å². The van der Waals surface area contributed by atoms with Crippen LogP contribution in [0.4, 0.5) is 4.79 Å². The third-order valence-corrected chi connectivity index (χ3v) is 7.02. The first-order valence-corrected chi connectivity index (χ1v) is 10.8. The lowest BCUT2D eigenvalue weighted by Gasteiger charge is -2.42. The zero-order chi connectivity index (χ0) is 18.1. The van der Waals surface area contributed by atoms with E-state index in [9.17, 15) is 9.59 Å². The number of fused-ring (bicyclic) bond motifs is 1. The van der Waals surface area contributed by atoms with E-state index < -0.39 is 0 Å². The molecule has 1 N–H and O–H groups in total. The van der Waals surface area contributed by atoms with Crippen molar-refractivity contribution < 1.29 is 9.59 Å². The Balaban J connectivity index is 1.29. The lowest BCUT2D eigenvalue weighted by Crippen LogP contribution is -2.52. The lowest BCUT2D eigenvalue weighted by molar-refractivity contribution is -0.130. The van der Waals surface area contributed by atoms with Crippen molar-refractivity contribution in [1.29, 1.82) is 0 Å². The molecular formula is C20H34N4O2. The molecule has 1 aliphatic carbocycles. The Bertz CT molecular complexity index is 532. The van der Waals surface area contributed by atoms with Crippen molar-refractivity contribution in [3.63, 3.8) is 0 Å². The summed E-state index contributed by atoms with van der Waals surface area (Å²) in [4.78, 5) is 31.5.